The predicted octanol–water partition coefficient (Wildman–Crippen LogP) is 2.69. The van der Waals surface area contributed by atoms with E-state index in [0.29, 0.717) is 24.6 Å². The van der Waals surface area contributed by atoms with Gasteiger partial charge in [0.1, 0.15) is 12.1 Å². The number of imidazole rings is 1. The number of pyridine rings is 1. The van der Waals surface area contributed by atoms with Gasteiger partial charge in [-0.2, -0.15) is 4.31 Å². The third kappa shape index (κ3) is 4.06. The second kappa shape index (κ2) is 8.14. The highest BCUT2D eigenvalue weighted by molar-refractivity contribution is 7.89. The zero-order valence-electron chi connectivity index (χ0n) is 15.7. The third-order valence-electron chi connectivity index (χ3n) is 4.84. The van der Waals surface area contributed by atoms with Crippen LogP contribution >= 0.6 is 0 Å². The molecule has 0 aliphatic carbocycles. The van der Waals surface area contributed by atoms with Crippen LogP contribution in [0.1, 0.15) is 29.6 Å². The fourth-order valence-corrected chi connectivity index (χ4v) is 5.04. The van der Waals surface area contributed by atoms with E-state index >= 15 is 0 Å². The Morgan fingerprint density at radius 1 is 1.03 bits per heavy atom. The number of hydrogen-bond donors (Lipinski definition) is 1. The van der Waals surface area contributed by atoms with Crippen LogP contribution < -0.4 is 5.32 Å². The van der Waals surface area contributed by atoms with E-state index in [1.165, 1.54) is 22.6 Å². The normalized spacial score (nSPS) is 15.2. The second-order valence-corrected chi connectivity index (χ2v) is 8.70. The third-order valence-corrected chi connectivity index (χ3v) is 6.80. The van der Waals surface area contributed by atoms with E-state index in [4.69, 9.17) is 0 Å². The van der Waals surface area contributed by atoms with Crippen LogP contribution in [0, 0.1) is 0 Å². The second-order valence-electron chi connectivity index (χ2n) is 6.79. The number of benzene rings is 1. The summed E-state index contributed by atoms with van der Waals surface area (Å²) < 4.78 is 29.3. The standard InChI is InChI=1S/C20H21N5O3S/c26-20(23-16-8-9-19(22-14-16)24-13-10-21-15-24)17-6-2-3-7-18(17)29(27,28)25-11-4-1-5-12-25/h2-3,6-10,13-15H,1,4-5,11-12H2,(H,23,26). The molecule has 8 nitrogen and oxygen atoms in total. The van der Waals surface area contributed by atoms with Crippen molar-refractivity contribution in [2.24, 2.45) is 0 Å². The van der Waals surface area contributed by atoms with Crippen molar-refractivity contribution in [3.63, 3.8) is 0 Å². The summed E-state index contributed by atoms with van der Waals surface area (Å²) in [6.07, 6.45) is 9.26. The van der Waals surface area contributed by atoms with Crippen LogP contribution in [0.5, 0.6) is 0 Å². The van der Waals surface area contributed by atoms with Gasteiger partial charge in [-0.15, -0.1) is 0 Å². The number of amides is 1. The molecule has 0 spiro atoms. The number of hydrogen-bond acceptors (Lipinski definition) is 5. The summed E-state index contributed by atoms with van der Waals surface area (Å²) in [5, 5.41) is 2.74. The molecule has 0 radical (unpaired) electrons. The fraction of sp³-hybridized carbons (Fsp3) is 0.250. The number of nitrogens with zero attached hydrogens (tertiary/aromatic N) is 4. The molecule has 1 aliphatic heterocycles. The minimum absolute atomic E-state index is 0.0300. The molecule has 4 rings (SSSR count). The largest absolute Gasteiger partial charge is 0.321 e. The van der Waals surface area contributed by atoms with Crippen molar-refractivity contribution in [1.82, 2.24) is 18.8 Å². The van der Waals surface area contributed by atoms with E-state index in [9.17, 15) is 13.2 Å². The lowest BCUT2D eigenvalue weighted by Gasteiger charge is -2.26. The molecule has 1 aliphatic rings. The lowest BCUT2D eigenvalue weighted by Crippen LogP contribution is -2.36. The summed E-state index contributed by atoms with van der Waals surface area (Å²) in [5.41, 5.74) is 0.598. The average Bonchev–Trinajstić information content (AvgIpc) is 3.30. The summed E-state index contributed by atoms with van der Waals surface area (Å²) in [5.74, 6) is 0.173. The highest BCUT2D eigenvalue weighted by Crippen LogP contribution is 2.24. The van der Waals surface area contributed by atoms with Crippen LogP contribution in [0.15, 0.2) is 66.2 Å². The first kappa shape index (κ1) is 19.3. The van der Waals surface area contributed by atoms with Gasteiger partial charge >= 0.3 is 0 Å². The molecule has 1 N–H and O–H groups in total. The number of anilines is 1. The van der Waals surface area contributed by atoms with Gasteiger partial charge in [0.05, 0.1) is 22.3 Å². The topological polar surface area (TPSA) is 97.2 Å². The minimum atomic E-state index is -3.72. The Bertz CT molecular complexity index is 1090. The van der Waals surface area contributed by atoms with Gasteiger partial charge in [-0.3, -0.25) is 9.36 Å². The molecule has 1 amide bonds. The maximum Gasteiger partial charge on any atom is 0.257 e. The molecule has 150 valence electrons. The molecule has 0 atom stereocenters. The number of rotatable bonds is 5. The summed E-state index contributed by atoms with van der Waals surface area (Å²) in [6, 6.07) is 9.76. The Morgan fingerprint density at radius 3 is 2.52 bits per heavy atom. The maximum atomic E-state index is 13.1. The van der Waals surface area contributed by atoms with Crippen molar-refractivity contribution < 1.29 is 13.2 Å². The summed E-state index contributed by atoms with van der Waals surface area (Å²) in [4.78, 5) is 21.1. The van der Waals surface area contributed by atoms with Gasteiger partial charge < -0.3 is 5.32 Å². The Kier molecular flexibility index (Phi) is 5.41. The highest BCUT2D eigenvalue weighted by Gasteiger charge is 2.29. The first-order valence-electron chi connectivity index (χ1n) is 9.40. The molecule has 0 unspecified atom stereocenters. The number of carbonyl (C=O) groups excluding carboxylic acids is 1. The van der Waals surface area contributed by atoms with Crippen molar-refractivity contribution in [3.05, 3.63) is 66.9 Å². The van der Waals surface area contributed by atoms with Crippen molar-refractivity contribution in [3.8, 4) is 5.82 Å². The number of carbonyl (C=O) groups is 1. The predicted molar refractivity (Wildman–Crippen MR) is 108 cm³/mol. The van der Waals surface area contributed by atoms with Crippen LogP contribution in [0.3, 0.4) is 0 Å². The summed E-state index contributed by atoms with van der Waals surface area (Å²) in [6.45, 7) is 0.968. The highest BCUT2D eigenvalue weighted by atomic mass is 32.2. The number of nitrogens with one attached hydrogen (secondary N) is 1. The molecule has 1 saturated heterocycles. The van der Waals surface area contributed by atoms with Crippen molar-refractivity contribution in [1.29, 1.82) is 0 Å². The van der Waals surface area contributed by atoms with Crippen molar-refractivity contribution >= 4 is 21.6 Å². The molecule has 29 heavy (non-hydrogen) atoms. The zero-order valence-corrected chi connectivity index (χ0v) is 16.5. The van der Waals surface area contributed by atoms with Gasteiger partial charge in [-0.25, -0.2) is 18.4 Å². The van der Waals surface area contributed by atoms with E-state index in [-0.39, 0.29) is 10.5 Å². The molecule has 0 saturated carbocycles. The van der Waals surface area contributed by atoms with Gasteiger partial charge in [0.15, 0.2) is 0 Å². The number of aromatic nitrogens is 3. The van der Waals surface area contributed by atoms with Gasteiger partial charge in [0.2, 0.25) is 10.0 Å². The minimum Gasteiger partial charge on any atom is -0.321 e. The van der Waals surface area contributed by atoms with E-state index in [1.54, 1.807) is 47.6 Å². The quantitative estimate of drug-likeness (QED) is 0.696. The van der Waals surface area contributed by atoms with Crippen LogP contribution in [0.2, 0.25) is 0 Å². The van der Waals surface area contributed by atoms with E-state index in [1.807, 2.05) is 0 Å². The van der Waals surface area contributed by atoms with Crippen LogP contribution in [-0.2, 0) is 10.0 Å². The van der Waals surface area contributed by atoms with E-state index < -0.39 is 15.9 Å². The van der Waals surface area contributed by atoms with Gasteiger partial charge in [-0.1, -0.05) is 18.6 Å². The van der Waals surface area contributed by atoms with E-state index in [2.05, 4.69) is 15.3 Å². The molecule has 3 aromatic rings. The Hall–Kier alpha value is -3.04. The zero-order chi connectivity index (χ0) is 20.3. The Balaban J connectivity index is 1.56. The van der Waals surface area contributed by atoms with Crippen LogP contribution in [0.4, 0.5) is 5.69 Å². The van der Waals surface area contributed by atoms with Crippen LogP contribution in [-0.4, -0.2) is 46.3 Å². The first-order valence-corrected chi connectivity index (χ1v) is 10.8. The monoisotopic (exact) mass is 411 g/mol. The summed E-state index contributed by atoms with van der Waals surface area (Å²) in [7, 11) is -3.72. The van der Waals surface area contributed by atoms with Crippen molar-refractivity contribution in [2.75, 3.05) is 18.4 Å². The fourth-order valence-electron chi connectivity index (χ4n) is 3.33. The molecule has 1 aromatic carbocycles. The van der Waals surface area contributed by atoms with Crippen molar-refractivity contribution in [2.45, 2.75) is 24.2 Å². The molecule has 1 fully saturated rings. The average molecular weight is 411 g/mol. The molecule has 9 heteroatoms. The molecular weight excluding hydrogens is 390 g/mol. The van der Waals surface area contributed by atoms with Gasteiger partial charge in [0.25, 0.3) is 5.91 Å². The van der Waals surface area contributed by atoms with Crippen LogP contribution in [0.25, 0.3) is 5.82 Å². The first-order chi connectivity index (χ1) is 14.1. The smallest absolute Gasteiger partial charge is 0.257 e. The number of piperidine rings is 1. The number of sulfonamides is 1. The Labute approximate surface area is 169 Å². The van der Waals surface area contributed by atoms with E-state index in [0.717, 1.165) is 19.3 Å². The maximum absolute atomic E-state index is 13.1. The lowest BCUT2D eigenvalue weighted by atomic mass is 10.2. The lowest BCUT2D eigenvalue weighted by molar-refractivity contribution is 0.102. The molecule has 0 bridgehead atoms. The van der Waals surface area contributed by atoms with Gasteiger partial charge in [-0.05, 0) is 37.1 Å². The Morgan fingerprint density at radius 2 is 1.83 bits per heavy atom. The molecule has 2 aromatic heterocycles. The van der Waals surface area contributed by atoms with Gasteiger partial charge in [0, 0.05) is 25.5 Å². The summed E-state index contributed by atoms with van der Waals surface area (Å²) >= 11 is 0. The molecular formula is C20H21N5O3S. The molecule has 3 heterocycles. The SMILES string of the molecule is O=C(Nc1ccc(-n2ccnc2)nc1)c1ccccc1S(=O)(=O)N1CCCCC1.